The maximum Gasteiger partial charge on any atom is 0.216 e. The highest BCUT2D eigenvalue weighted by atomic mass is 32.1. The Hall–Kier alpha value is -1.95. The van der Waals surface area contributed by atoms with Crippen molar-refractivity contribution >= 4 is 18.4 Å². The van der Waals surface area contributed by atoms with E-state index >= 15 is 0 Å². The van der Waals surface area contributed by atoms with Crippen molar-refractivity contribution in [1.29, 1.82) is 0 Å². The molecule has 1 aromatic carbocycles. The van der Waals surface area contributed by atoms with Gasteiger partial charge in [-0.2, -0.15) is 14.9 Å². The fraction of sp³-hybridized carbons (Fsp3) is 0.250. The van der Waals surface area contributed by atoms with E-state index in [9.17, 15) is 0 Å². The summed E-state index contributed by atoms with van der Waals surface area (Å²) in [6.07, 6.45) is 1.72. The summed E-state index contributed by atoms with van der Waals surface area (Å²) in [6.45, 7) is 4.43. The monoisotopic (exact) mass is 262 g/mol. The molecule has 0 atom stereocenters. The van der Waals surface area contributed by atoms with Crippen molar-refractivity contribution in [3.05, 3.63) is 40.4 Å². The van der Waals surface area contributed by atoms with Gasteiger partial charge in [0.05, 0.1) is 12.8 Å². The molecule has 1 heterocycles. The van der Waals surface area contributed by atoms with Crippen LogP contribution in [0.2, 0.25) is 0 Å². The van der Waals surface area contributed by atoms with Crippen LogP contribution in [0.1, 0.15) is 18.3 Å². The summed E-state index contributed by atoms with van der Waals surface area (Å²) < 4.78 is 7.47. The fourth-order valence-electron chi connectivity index (χ4n) is 1.48. The number of nitrogens with zero attached hydrogens (tertiary/aromatic N) is 3. The first-order valence-electron chi connectivity index (χ1n) is 5.62. The van der Waals surface area contributed by atoms with Crippen LogP contribution in [0.25, 0.3) is 0 Å². The lowest BCUT2D eigenvalue weighted by molar-refractivity contribution is 0.340. The lowest BCUT2D eigenvalue weighted by Gasteiger charge is -2.02. The van der Waals surface area contributed by atoms with E-state index in [-0.39, 0.29) is 0 Å². The molecule has 0 aliphatic rings. The minimum Gasteiger partial charge on any atom is -0.494 e. The van der Waals surface area contributed by atoms with Crippen LogP contribution in [0.3, 0.4) is 0 Å². The van der Waals surface area contributed by atoms with Gasteiger partial charge in [-0.15, -0.1) is 0 Å². The maximum atomic E-state index is 5.42. The van der Waals surface area contributed by atoms with Gasteiger partial charge in [0, 0.05) is 0 Å². The number of benzene rings is 1. The Labute approximate surface area is 110 Å². The average molecular weight is 262 g/mol. The van der Waals surface area contributed by atoms with E-state index in [1.54, 1.807) is 10.9 Å². The van der Waals surface area contributed by atoms with Crippen molar-refractivity contribution in [1.82, 2.24) is 14.9 Å². The Morgan fingerprint density at radius 2 is 2.39 bits per heavy atom. The Bertz CT molecular complexity index is 615. The second-order valence-corrected chi connectivity index (χ2v) is 4.02. The second-order valence-electron chi connectivity index (χ2n) is 3.64. The van der Waals surface area contributed by atoms with Gasteiger partial charge in [0.15, 0.2) is 0 Å². The molecule has 94 valence electrons. The van der Waals surface area contributed by atoms with Crippen molar-refractivity contribution < 1.29 is 4.74 Å². The van der Waals surface area contributed by atoms with Gasteiger partial charge in [0.25, 0.3) is 0 Å². The first kappa shape index (κ1) is 12.5. The summed E-state index contributed by atoms with van der Waals surface area (Å²) in [7, 11) is 0. The summed E-state index contributed by atoms with van der Waals surface area (Å²) in [4.78, 5) is 0. The van der Waals surface area contributed by atoms with Crippen LogP contribution in [0.4, 0.5) is 0 Å². The van der Waals surface area contributed by atoms with Crippen molar-refractivity contribution in [2.45, 2.75) is 13.8 Å². The summed E-state index contributed by atoms with van der Waals surface area (Å²) in [5.41, 5.74) is 0.948. The van der Waals surface area contributed by atoms with E-state index in [4.69, 9.17) is 17.0 Å². The Kier molecular flexibility index (Phi) is 3.88. The zero-order chi connectivity index (χ0) is 13.0. The smallest absolute Gasteiger partial charge is 0.216 e. The van der Waals surface area contributed by atoms with Crippen LogP contribution >= 0.6 is 12.2 Å². The van der Waals surface area contributed by atoms with Crippen molar-refractivity contribution in [3.63, 3.8) is 0 Å². The minimum atomic E-state index is 0.477. The summed E-state index contributed by atoms with van der Waals surface area (Å²) >= 11 is 5.06. The topological polar surface area (TPSA) is 55.2 Å². The number of rotatable bonds is 4. The predicted octanol–water partition coefficient (Wildman–Crippen LogP) is 2.53. The summed E-state index contributed by atoms with van der Waals surface area (Å²) in [5, 5.41) is 10.9. The third kappa shape index (κ3) is 2.84. The molecule has 5 nitrogen and oxygen atoms in total. The van der Waals surface area contributed by atoms with Crippen molar-refractivity contribution in [3.8, 4) is 5.75 Å². The zero-order valence-corrected chi connectivity index (χ0v) is 11.1. The molecule has 2 aromatic rings. The Morgan fingerprint density at radius 1 is 1.56 bits per heavy atom. The molecule has 0 spiro atoms. The molecule has 0 saturated heterocycles. The highest BCUT2D eigenvalue weighted by Gasteiger charge is 1.98. The van der Waals surface area contributed by atoms with E-state index in [1.165, 1.54) is 0 Å². The molecule has 0 aliphatic carbocycles. The third-order valence-corrected chi connectivity index (χ3v) is 2.57. The SMILES string of the molecule is CCOc1cccc(/C=N\n2c(C)n[nH]c2=S)c1. The molecule has 18 heavy (non-hydrogen) atoms. The van der Waals surface area contributed by atoms with Gasteiger partial charge < -0.3 is 4.74 Å². The van der Waals surface area contributed by atoms with Gasteiger partial charge in [-0.05, 0) is 43.8 Å². The quantitative estimate of drug-likeness (QED) is 0.680. The molecule has 0 bridgehead atoms. The van der Waals surface area contributed by atoms with E-state index in [1.807, 2.05) is 38.1 Å². The normalized spacial score (nSPS) is 11.0. The van der Waals surface area contributed by atoms with Gasteiger partial charge in [0.1, 0.15) is 11.6 Å². The number of hydrogen-bond donors (Lipinski definition) is 1. The molecule has 0 saturated carbocycles. The number of aromatic nitrogens is 3. The van der Waals surface area contributed by atoms with Crippen LogP contribution in [0.5, 0.6) is 5.75 Å². The van der Waals surface area contributed by atoms with Crippen molar-refractivity contribution in [2.24, 2.45) is 5.10 Å². The maximum absolute atomic E-state index is 5.42. The summed E-state index contributed by atoms with van der Waals surface area (Å²) in [5.74, 6) is 1.55. The highest BCUT2D eigenvalue weighted by molar-refractivity contribution is 7.71. The number of H-pyrrole nitrogens is 1. The average Bonchev–Trinajstić information content (AvgIpc) is 2.68. The molecular weight excluding hydrogens is 248 g/mol. The van der Waals surface area contributed by atoms with Gasteiger partial charge in [-0.3, -0.25) is 5.10 Å². The van der Waals surface area contributed by atoms with Crippen LogP contribution in [-0.2, 0) is 0 Å². The molecule has 1 aromatic heterocycles. The highest BCUT2D eigenvalue weighted by Crippen LogP contribution is 2.11. The van der Waals surface area contributed by atoms with Gasteiger partial charge in [-0.25, -0.2) is 0 Å². The first-order valence-corrected chi connectivity index (χ1v) is 6.02. The van der Waals surface area contributed by atoms with Gasteiger partial charge in [0.2, 0.25) is 4.77 Å². The molecular formula is C12H14N4OS. The number of ether oxygens (including phenoxy) is 1. The third-order valence-electron chi connectivity index (χ3n) is 2.30. The van der Waals surface area contributed by atoms with Crippen LogP contribution in [-0.4, -0.2) is 27.7 Å². The first-order chi connectivity index (χ1) is 8.70. The zero-order valence-electron chi connectivity index (χ0n) is 10.3. The van der Waals surface area contributed by atoms with Crippen LogP contribution in [0, 0.1) is 11.7 Å². The number of aromatic amines is 1. The lowest BCUT2D eigenvalue weighted by atomic mass is 10.2. The molecule has 0 aliphatic heterocycles. The van der Waals surface area contributed by atoms with E-state index in [0.717, 1.165) is 17.1 Å². The lowest BCUT2D eigenvalue weighted by Crippen LogP contribution is -1.95. The standard InChI is InChI=1S/C12H14N4OS/c1-3-17-11-6-4-5-10(7-11)8-13-16-9(2)14-15-12(16)18/h4-8H,3H2,1-2H3,(H,15,18)/b13-8-. The molecule has 1 N–H and O–H groups in total. The number of nitrogens with one attached hydrogen (secondary N) is 1. The van der Waals surface area contributed by atoms with E-state index < -0.39 is 0 Å². The molecule has 0 fully saturated rings. The number of aryl methyl sites for hydroxylation is 1. The Morgan fingerprint density at radius 3 is 3.06 bits per heavy atom. The molecule has 0 unspecified atom stereocenters. The van der Waals surface area contributed by atoms with Crippen LogP contribution in [0.15, 0.2) is 29.4 Å². The number of hydrogen-bond acceptors (Lipinski definition) is 4. The molecule has 0 amide bonds. The van der Waals surface area contributed by atoms with Crippen LogP contribution < -0.4 is 4.74 Å². The largest absolute Gasteiger partial charge is 0.494 e. The molecule has 0 radical (unpaired) electrons. The van der Waals surface area contributed by atoms with E-state index in [2.05, 4.69) is 15.3 Å². The van der Waals surface area contributed by atoms with E-state index in [0.29, 0.717) is 11.4 Å². The van der Waals surface area contributed by atoms with Gasteiger partial charge >= 0.3 is 0 Å². The minimum absolute atomic E-state index is 0.477. The van der Waals surface area contributed by atoms with Gasteiger partial charge in [-0.1, -0.05) is 12.1 Å². The fourth-order valence-corrected chi connectivity index (χ4v) is 1.71. The van der Waals surface area contributed by atoms with Crippen molar-refractivity contribution in [2.75, 3.05) is 6.61 Å². The predicted molar refractivity (Wildman–Crippen MR) is 72.8 cm³/mol. The molecule has 2 rings (SSSR count). The Balaban J connectivity index is 2.23. The second kappa shape index (κ2) is 5.59. The molecule has 6 heteroatoms. The summed E-state index contributed by atoms with van der Waals surface area (Å²) in [6, 6.07) is 7.71.